The van der Waals surface area contributed by atoms with E-state index >= 15 is 0 Å². The van der Waals surface area contributed by atoms with Crippen molar-refractivity contribution in [3.8, 4) is 0 Å². The van der Waals surface area contributed by atoms with E-state index in [4.69, 9.17) is 4.52 Å². The molecule has 24 heavy (non-hydrogen) atoms. The lowest BCUT2D eigenvalue weighted by Crippen LogP contribution is -2.19. The van der Waals surface area contributed by atoms with E-state index in [9.17, 15) is 4.79 Å². The molecule has 0 aliphatic rings. The number of amides is 1. The number of thioether (sulfide) groups is 1. The molecule has 5 heteroatoms. The van der Waals surface area contributed by atoms with Gasteiger partial charge in [-0.3, -0.25) is 4.79 Å². The summed E-state index contributed by atoms with van der Waals surface area (Å²) >= 11 is 1.53. The zero-order valence-corrected chi connectivity index (χ0v) is 14.3. The van der Waals surface area contributed by atoms with Gasteiger partial charge in [-0.15, -0.1) is 11.8 Å². The van der Waals surface area contributed by atoms with Gasteiger partial charge in [-0.2, -0.15) is 0 Å². The second kappa shape index (κ2) is 7.36. The van der Waals surface area contributed by atoms with E-state index in [2.05, 4.69) is 10.5 Å². The second-order valence-electron chi connectivity index (χ2n) is 5.49. The first kappa shape index (κ1) is 16.3. The maximum atomic E-state index is 12.8. The monoisotopic (exact) mass is 338 g/mol. The molecule has 1 unspecified atom stereocenters. The molecule has 2 aromatic carbocycles. The molecule has 0 spiro atoms. The van der Waals surface area contributed by atoms with Gasteiger partial charge < -0.3 is 9.84 Å². The fraction of sp³-hybridized carbons (Fsp3) is 0.158. The summed E-state index contributed by atoms with van der Waals surface area (Å²) in [6.07, 6.45) is 0. The number of benzene rings is 2. The van der Waals surface area contributed by atoms with Crippen LogP contribution in [0.2, 0.25) is 0 Å². The van der Waals surface area contributed by atoms with Gasteiger partial charge in [-0.25, -0.2) is 0 Å². The van der Waals surface area contributed by atoms with E-state index in [1.165, 1.54) is 11.8 Å². The fourth-order valence-electron chi connectivity index (χ4n) is 2.33. The Labute approximate surface area is 145 Å². The Balaban J connectivity index is 1.87. The number of carbonyl (C=O) groups excluding carboxylic acids is 1. The Morgan fingerprint density at radius 3 is 2.46 bits per heavy atom. The summed E-state index contributed by atoms with van der Waals surface area (Å²) in [5, 5.41) is 6.31. The lowest BCUT2D eigenvalue weighted by atomic mass is 10.1. The molecular weight excluding hydrogens is 320 g/mol. The van der Waals surface area contributed by atoms with Crippen LogP contribution in [0.15, 0.2) is 70.1 Å². The summed E-state index contributed by atoms with van der Waals surface area (Å²) in [7, 11) is 0. The number of anilines is 1. The summed E-state index contributed by atoms with van der Waals surface area (Å²) in [6.45, 7) is 3.84. The molecule has 3 aromatic rings. The van der Waals surface area contributed by atoms with Gasteiger partial charge in [0.05, 0.1) is 0 Å². The molecule has 1 aromatic heterocycles. The molecule has 122 valence electrons. The van der Waals surface area contributed by atoms with Gasteiger partial charge in [-0.05, 0) is 31.0 Å². The Bertz CT molecular complexity index is 830. The van der Waals surface area contributed by atoms with E-state index in [1.54, 1.807) is 13.0 Å². The Morgan fingerprint density at radius 2 is 1.79 bits per heavy atom. The molecular formula is C19H18N2O2S. The number of aryl methyl sites for hydroxylation is 2. The summed E-state index contributed by atoms with van der Waals surface area (Å²) in [6, 6.07) is 19.5. The average molecular weight is 338 g/mol. The van der Waals surface area contributed by atoms with Crippen molar-refractivity contribution in [3.63, 3.8) is 0 Å². The SMILES string of the molecule is Cc1cc(NC(=O)C(Sc2ccccc2C)c2ccccc2)no1. The van der Waals surface area contributed by atoms with Crippen molar-refractivity contribution >= 4 is 23.5 Å². The van der Waals surface area contributed by atoms with Gasteiger partial charge >= 0.3 is 0 Å². The smallest absolute Gasteiger partial charge is 0.243 e. The van der Waals surface area contributed by atoms with Crippen LogP contribution in [0, 0.1) is 13.8 Å². The first-order valence-electron chi connectivity index (χ1n) is 7.65. The average Bonchev–Trinajstić information content (AvgIpc) is 2.99. The van der Waals surface area contributed by atoms with Crippen LogP contribution >= 0.6 is 11.8 Å². The van der Waals surface area contributed by atoms with Crippen LogP contribution in [0.1, 0.15) is 22.1 Å². The van der Waals surface area contributed by atoms with Crippen molar-refractivity contribution in [2.45, 2.75) is 24.0 Å². The first-order valence-corrected chi connectivity index (χ1v) is 8.53. The maximum Gasteiger partial charge on any atom is 0.243 e. The molecule has 4 nitrogen and oxygen atoms in total. The van der Waals surface area contributed by atoms with Crippen molar-refractivity contribution in [3.05, 3.63) is 77.6 Å². The van der Waals surface area contributed by atoms with E-state index < -0.39 is 0 Å². The van der Waals surface area contributed by atoms with Crippen LogP contribution < -0.4 is 5.32 Å². The highest BCUT2D eigenvalue weighted by molar-refractivity contribution is 8.00. The fourth-order valence-corrected chi connectivity index (χ4v) is 3.46. The van der Waals surface area contributed by atoms with Gasteiger partial charge in [0.1, 0.15) is 11.0 Å². The van der Waals surface area contributed by atoms with Crippen LogP contribution in [-0.2, 0) is 4.79 Å². The van der Waals surface area contributed by atoms with Gasteiger partial charge in [0, 0.05) is 11.0 Å². The number of nitrogens with zero attached hydrogens (tertiary/aromatic N) is 1. The zero-order valence-electron chi connectivity index (χ0n) is 13.5. The number of rotatable bonds is 5. The van der Waals surface area contributed by atoms with Crippen molar-refractivity contribution in [2.75, 3.05) is 5.32 Å². The summed E-state index contributed by atoms with van der Waals surface area (Å²) in [4.78, 5) is 13.9. The topological polar surface area (TPSA) is 55.1 Å². The largest absolute Gasteiger partial charge is 0.360 e. The third-order valence-electron chi connectivity index (χ3n) is 3.56. The molecule has 0 fully saturated rings. The quantitative estimate of drug-likeness (QED) is 0.681. The highest BCUT2D eigenvalue weighted by atomic mass is 32.2. The van der Waals surface area contributed by atoms with Crippen LogP contribution in [-0.4, -0.2) is 11.1 Å². The third-order valence-corrected chi connectivity index (χ3v) is 4.99. The molecule has 0 aliphatic carbocycles. The van der Waals surface area contributed by atoms with Crippen LogP contribution in [0.3, 0.4) is 0 Å². The third kappa shape index (κ3) is 3.86. The lowest BCUT2D eigenvalue weighted by molar-refractivity contribution is -0.115. The van der Waals surface area contributed by atoms with Gasteiger partial charge in [0.2, 0.25) is 5.91 Å². The van der Waals surface area contributed by atoms with Crippen LogP contribution in [0.4, 0.5) is 5.82 Å². The predicted molar refractivity (Wildman–Crippen MR) is 96.1 cm³/mol. The molecule has 0 saturated carbocycles. The van der Waals surface area contributed by atoms with Crippen molar-refractivity contribution < 1.29 is 9.32 Å². The summed E-state index contributed by atoms with van der Waals surface area (Å²) in [5.41, 5.74) is 2.09. The van der Waals surface area contributed by atoms with Crippen molar-refractivity contribution in [1.29, 1.82) is 0 Å². The zero-order chi connectivity index (χ0) is 16.9. The normalized spacial score (nSPS) is 11.9. The minimum absolute atomic E-state index is 0.122. The Morgan fingerprint density at radius 1 is 1.08 bits per heavy atom. The number of aromatic nitrogens is 1. The van der Waals surface area contributed by atoms with Crippen molar-refractivity contribution in [2.24, 2.45) is 0 Å². The number of hydrogen-bond donors (Lipinski definition) is 1. The molecule has 0 radical (unpaired) electrons. The van der Waals surface area contributed by atoms with E-state index in [0.29, 0.717) is 11.6 Å². The Hall–Kier alpha value is -2.53. The van der Waals surface area contributed by atoms with Gasteiger partial charge in [0.15, 0.2) is 5.82 Å². The molecule has 1 heterocycles. The lowest BCUT2D eigenvalue weighted by Gasteiger charge is -2.17. The Kier molecular flexibility index (Phi) is 5.01. The van der Waals surface area contributed by atoms with E-state index in [1.807, 2.05) is 61.5 Å². The van der Waals surface area contributed by atoms with E-state index in [0.717, 1.165) is 16.0 Å². The number of nitrogens with one attached hydrogen (secondary N) is 1. The molecule has 3 rings (SSSR count). The highest BCUT2D eigenvalue weighted by Gasteiger charge is 2.23. The van der Waals surface area contributed by atoms with E-state index in [-0.39, 0.29) is 11.2 Å². The van der Waals surface area contributed by atoms with Crippen molar-refractivity contribution in [1.82, 2.24) is 5.16 Å². The van der Waals surface area contributed by atoms with Gasteiger partial charge in [-0.1, -0.05) is 53.7 Å². The summed E-state index contributed by atoms with van der Waals surface area (Å²) in [5.74, 6) is 0.972. The molecule has 0 aliphatic heterocycles. The molecule has 1 atom stereocenters. The number of carbonyl (C=O) groups is 1. The molecule has 0 saturated heterocycles. The van der Waals surface area contributed by atoms with Gasteiger partial charge in [0.25, 0.3) is 0 Å². The van der Waals surface area contributed by atoms with Crippen LogP contribution in [0.25, 0.3) is 0 Å². The number of hydrogen-bond acceptors (Lipinski definition) is 4. The molecule has 1 N–H and O–H groups in total. The molecule has 0 bridgehead atoms. The molecule has 1 amide bonds. The maximum absolute atomic E-state index is 12.8. The summed E-state index contributed by atoms with van der Waals surface area (Å²) < 4.78 is 5.02. The first-order chi connectivity index (χ1) is 11.6. The highest BCUT2D eigenvalue weighted by Crippen LogP contribution is 2.37. The van der Waals surface area contributed by atoms with Crippen LogP contribution in [0.5, 0.6) is 0 Å². The standard InChI is InChI=1S/C19H18N2O2S/c1-13-8-6-7-11-16(13)24-18(15-9-4-3-5-10-15)19(22)20-17-12-14(2)23-21-17/h3-12,18H,1-2H3,(H,20,21,22). The minimum Gasteiger partial charge on any atom is -0.360 e. The minimum atomic E-state index is -0.371. The predicted octanol–water partition coefficient (Wildman–Crippen LogP) is 4.76. The second-order valence-corrected chi connectivity index (χ2v) is 6.63.